The molecule has 1 N–H and O–H groups in total. The summed E-state index contributed by atoms with van der Waals surface area (Å²) >= 11 is 3.40. The van der Waals surface area contributed by atoms with E-state index in [-0.39, 0.29) is 18.9 Å². The average molecular weight is 387 g/mol. The Balaban J connectivity index is 1.57. The van der Waals surface area contributed by atoms with Crippen LogP contribution in [0.2, 0.25) is 0 Å². The predicted octanol–water partition coefficient (Wildman–Crippen LogP) is 3.06. The summed E-state index contributed by atoms with van der Waals surface area (Å²) in [5.74, 6) is 0.734. The van der Waals surface area contributed by atoms with E-state index in [9.17, 15) is 4.79 Å². The molecule has 1 aromatic carbocycles. The van der Waals surface area contributed by atoms with E-state index in [0.29, 0.717) is 11.7 Å². The lowest BCUT2D eigenvalue weighted by Crippen LogP contribution is -2.25. The molecule has 3 rings (SSSR count). The number of nitrogens with one attached hydrogen (secondary N) is 1. The molecule has 7 heteroatoms. The summed E-state index contributed by atoms with van der Waals surface area (Å²) in [7, 11) is 0. The van der Waals surface area contributed by atoms with Crippen molar-refractivity contribution in [2.24, 2.45) is 0 Å². The van der Waals surface area contributed by atoms with Gasteiger partial charge >= 0.3 is 0 Å². The highest BCUT2D eigenvalue weighted by atomic mass is 79.9. The number of hydrogen-bond acceptors (Lipinski definition) is 5. The van der Waals surface area contributed by atoms with Gasteiger partial charge in [-0.05, 0) is 36.8 Å². The number of aromatic nitrogens is 3. The summed E-state index contributed by atoms with van der Waals surface area (Å²) in [5, 5.41) is 6.66. The molecular weight excluding hydrogens is 372 g/mol. The third-order valence-electron chi connectivity index (χ3n) is 3.32. The van der Waals surface area contributed by atoms with E-state index in [2.05, 4.69) is 36.4 Å². The quantitative estimate of drug-likeness (QED) is 0.728. The number of carbonyl (C=O) groups excluding carboxylic acids is 1. The maximum Gasteiger partial charge on any atom is 0.258 e. The Bertz CT molecular complexity index is 846. The van der Waals surface area contributed by atoms with Gasteiger partial charge in [0.2, 0.25) is 5.91 Å². The summed E-state index contributed by atoms with van der Waals surface area (Å²) in [6.07, 6.45) is 1.97. The number of rotatable bonds is 5. The minimum absolute atomic E-state index is 0.116. The summed E-state index contributed by atoms with van der Waals surface area (Å²) in [6.45, 7) is 2.12. The molecule has 0 spiro atoms. The van der Waals surface area contributed by atoms with E-state index < -0.39 is 0 Å². The Morgan fingerprint density at radius 2 is 2.17 bits per heavy atom. The van der Waals surface area contributed by atoms with Gasteiger partial charge in [-0.1, -0.05) is 33.2 Å². The molecule has 122 valence electrons. The molecule has 3 aromatic rings. The fraction of sp³-hybridized carbons (Fsp3) is 0.176. The molecule has 2 aromatic heterocycles. The van der Waals surface area contributed by atoms with Gasteiger partial charge in [0.1, 0.15) is 0 Å². The average Bonchev–Trinajstić information content (AvgIpc) is 3.04. The maximum atomic E-state index is 12.0. The standard InChI is InChI=1S/C17H15BrN4O2/c1-11-5-6-12(9-19-11)7-16(23)20-10-15-21-17(24-22-15)13-3-2-4-14(18)8-13/h2-6,8-9H,7,10H2,1H3,(H,20,23). The van der Waals surface area contributed by atoms with Crippen LogP contribution < -0.4 is 5.32 Å². The molecule has 0 unspecified atom stereocenters. The Labute approximate surface area is 147 Å². The van der Waals surface area contributed by atoms with Crippen LogP contribution in [0.5, 0.6) is 0 Å². The van der Waals surface area contributed by atoms with E-state index in [1.807, 2.05) is 43.3 Å². The van der Waals surface area contributed by atoms with Crippen LogP contribution >= 0.6 is 15.9 Å². The number of hydrogen-bond donors (Lipinski definition) is 1. The molecule has 6 nitrogen and oxygen atoms in total. The number of carbonyl (C=O) groups is 1. The zero-order chi connectivity index (χ0) is 16.9. The van der Waals surface area contributed by atoms with Crippen molar-refractivity contribution in [2.45, 2.75) is 19.9 Å². The van der Waals surface area contributed by atoms with E-state index in [0.717, 1.165) is 21.3 Å². The predicted molar refractivity (Wildman–Crippen MR) is 92.0 cm³/mol. The second-order valence-corrected chi connectivity index (χ2v) is 6.20. The topological polar surface area (TPSA) is 80.9 Å². The monoisotopic (exact) mass is 386 g/mol. The van der Waals surface area contributed by atoms with Gasteiger partial charge in [-0.15, -0.1) is 0 Å². The molecule has 0 saturated carbocycles. The van der Waals surface area contributed by atoms with Crippen LogP contribution in [-0.4, -0.2) is 21.0 Å². The van der Waals surface area contributed by atoms with Crippen molar-refractivity contribution in [3.8, 4) is 11.5 Å². The molecule has 0 aliphatic heterocycles. The molecule has 0 radical (unpaired) electrons. The van der Waals surface area contributed by atoms with Gasteiger partial charge in [0.15, 0.2) is 5.82 Å². The Morgan fingerprint density at radius 3 is 2.92 bits per heavy atom. The van der Waals surface area contributed by atoms with Crippen LogP contribution in [0.4, 0.5) is 0 Å². The van der Waals surface area contributed by atoms with Crippen LogP contribution in [0.25, 0.3) is 11.5 Å². The van der Waals surface area contributed by atoms with Crippen LogP contribution in [0.3, 0.4) is 0 Å². The molecular formula is C17H15BrN4O2. The first-order valence-electron chi connectivity index (χ1n) is 7.37. The summed E-state index contributed by atoms with van der Waals surface area (Å²) in [6, 6.07) is 11.3. The zero-order valence-electron chi connectivity index (χ0n) is 13.0. The first-order valence-corrected chi connectivity index (χ1v) is 8.16. The van der Waals surface area contributed by atoms with Gasteiger partial charge in [-0.3, -0.25) is 9.78 Å². The smallest absolute Gasteiger partial charge is 0.258 e. The molecule has 0 atom stereocenters. The van der Waals surface area contributed by atoms with Crippen molar-refractivity contribution in [1.82, 2.24) is 20.4 Å². The third-order valence-corrected chi connectivity index (χ3v) is 3.81. The molecule has 1 amide bonds. The summed E-state index contributed by atoms with van der Waals surface area (Å²) in [5.41, 5.74) is 2.60. The van der Waals surface area contributed by atoms with Crippen LogP contribution in [0.15, 0.2) is 51.6 Å². The molecule has 24 heavy (non-hydrogen) atoms. The third kappa shape index (κ3) is 4.26. The van der Waals surface area contributed by atoms with Gasteiger partial charge < -0.3 is 9.84 Å². The van der Waals surface area contributed by atoms with Crippen LogP contribution in [0.1, 0.15) is 17.1 Å². The zero-order valence-corrected chi connectivity index (χ0v) is 14.6. The van der Waals surface area contributed by atoms with Crippen molar-refractivity contribution < 1.29 is 9.32 Å². The van der Waals surface area contributed by atoms with E-state index >= 15 is 0 Å². The van der Waals surface area contributed by atoms with Gasteiger partial charge in [0.25, 0.3) is 5.89 Å². The number of aryl methyl sites for hydroxylation is 1. The Morgan fingerprint density at radius 1 is 1.29 bits per heavy atom. The number of pyridine rings is 1. The fourth-order valence-corrected chi connectivity index (χ4v) is 2.49. The maximum absolute atomic E-state index is 12.0. The van der Waals surface area contributed by atoms with Gasteiger partial charge in [-0.2, -0.15) is 4.98 Å². The molecule has 2 heterocycles. The molecule has 0 aliphatic carbocycles. The number of halogens is 1. The van der Waals surface area contributed by atoms with Crippen LogP contribution in [-0.2, 0) is 17.8 Å². The lowest BCUT2D eigenvalue weighted by Gasteiger charge is -2.02. The van der Waals surface area contributed by atoms with Gasteiger partial charge in [0, 0.05) is 21.9 Å². The molecule has 0 bridgehead atoms. The first-order chi connectivity index (χ1) is 11.6. The normalized spacial score (nSPS) is 10.6. The highest BCUT2D eigenvalue weighted by Gasteiger charge is 2.10. The minimum atomic E-state index is -0.116. The number of amides is 1. The number of benzene rings is 1. The van der Waals surface area contributed by atoms with E-state index in [1.165, 1.54) is 0 Å². The highest BCUT2D eigenvalue weighted by molar-refractivity contribution is 9.10. The minimum Gasteiger partial charge on any atom is -0.348 e. The lowest BCUT2D eigenvalue weighted by molar-refractivity contribution is -0.120. The van der Waals surface area contributed by atoms with E-state index in [4.69, 9.17) is 4.52 Å². The Hall–Kier alpha value is -2.54. The van der Waals surface area contributed by atoms with Crippen molar-refractivity contribution in [3.05, 3.63) is 64.1 Å². The second-order valence-electron chi connectivity index (χ2n) is 5.29. The van der Waals surface area contributed by atoms with Gasteiger partial charge in [0.05, 0.1) is 13.0 Å². The van der Waals surface area contributed by atoms with Gasteiger partial charge in [-0.25, -0.2) is 0 Å². The van der Waals surface area contributed by atoms with Crippen molar-refractivity contribution in [3.63, 3.8) is 0 Å². The Kier molecular flexibility index (Phi) is 5.00. The van der Waals surface area contributed by atoms with Crippen molar-refractivity contribution in [1.29, 1.82) is 0 Å². The molecule has 0 fully saturated rings. The largest absolute Gasteiger partial charge is 0.348 e. The second kappa shape index (κ2) is 7.35. The molecule has 0 aliphatic rings. The molecule has 0 saturated heterocycles. The summed E-state index contributed by atoms with van der Waals surface area (Å²) < 4.78 is 6.16. The fourth-order valence-electron chi connectivity index (χ4n) is 2.09. The lowest BCUT2D eigenvalue weighted by atomic mass is 10.2. The van der Waals surface area contributed by atoms with Crippen molar-refractivity contribution in [2.75, 3.05) is 0 Å². The first kappa shape index (κ1) is 16.3. The highest BCUT2D eigenvalue weighted by Crippen LogP contribution is 2.21. The van der Waals surface area contributed by atoms with E-state index in [1.54, 1.807) is 6.20 Å². The summed E-state index contributed by atoms with van der Waals surface area (Å²) in [4.78, 5) is 20.4. The SMILES string of the molecule is Cc1ccc(CC(=O)NCc2noc(-c3cccc(Br)c3)n2)cn1. The van der Waals surface area contributed by atoms with Crippen LogP contribution in [0, 0.1) is 6.92 Å². The number of nitrogens with zero attached hydrogens (tertiary/aromatic N) is 3. The van der Waals surface area contributed by atoms with Crippen molar-refractivity contribution >= 4 is 21.8 Å².